The van der Waals surface area contributed by atoms with Gasteiger partial charge in [0.1, 0.15) is 11.5 Å². The molecule has 0 bridgehead atoms. The first-order chi connectivity index (χ1) is 13.2. The van der Waals surface area contributed by atoms with E-state index < -0.39 is 0 Å². The Morgan fingerprint density at radius 3 is 2.81 bits per heavy atom. The number of aromatic amines is 1. The molecule has 2 N–H and O–H groups in total. The summed E-state index contributed by atoms with van der Waals surface area (Å²) in [5.74, 6) is 1.45. The molecule has 0 atom stereocenters. The fraction of sp³-hybridized carbons (Fsp3) is 0.190. The van der Waals surface area contributed by atoms with E-state index in [1.165, 1.54) is 10.9 Å². The highest BCUT2D eigenvalue weighted by Gasteiger charge is 2.07. The van der Waals surface area contributed by atoms with Gasteiger partial charge in [0.2, 0.25) is 5.88 Å². The van der Waals surface area contributed by atoms with Crippen molar-refractivity contribution < 1.29 is 4.74 Å². The van der Waals surface area contributed by atoms with Gasteiger partial charge in [-0.2, -0.15) is 0 Å². The number of fused-ring (bicyclic) bond motifs is 1. The van der Waals surface area contributed by atoms with E-state index in [0.717, 1.165) is 34.6 Å². The lowest BCUT2D eigenvalue weighted by Crippen LogP contribution is -2.04. The summed E-state index contributed by atoms with van der Waals surface area (Å²) in [6.45, 7) is 2.67. The van der Waals surface area contributed by atoms with Crippen LogP contribution in [0.5, 0.6) is 5.88 Å². The molecule has 27 heavy (non-hydrogen) atoms. The van der Waals surface area contributed by atoms with Gasteiger partial charge in [-0.15, -0.1) is 0 Å². The average Bonchev–Trinajstić information content (AvgIpc) is 3.09. The predicted molar refractivity (Wildman–Crippen MR) is 106 cm³/mol. The molecule has 4 aromatic rings. The average molecular weight is 359 g/mol. The van der Waals surface area contributed by atoms with E-state index in [1.54, 1.807) is 13.3 Å². The predicted octanol–water partition coefficient (Wildman–Crippen LogP) is 3.87. The molecule has 0 amide bonds. The van der Waals surface area contributed by atoms with Crippen LogP contribution in [0.15, 0.2) is 55.1 Å². The SMILES string of the molecule is COc1ncccc1CNc1ccc(Cc2c[nH]c3ncc(C)cc23)cn1. The number of rotatable bonds is 6. The molecule has 0 unspecified atom stereocenters. The minimum atomic E-state index is 0.608. The second kappa shape index (κ2) is 7.45. The van der Waals surface area contributed by atoms with Crippen molar-refractivity contribution in [2.24, 2.45) is 0 Å². The third-order valence-electron chi connectivity index (χ3n) is 4.48. The van der Waals surface area contributed by atoms with Crippen LogP contribution in [0.1, 0.15) is 22.3 Å². The lowest BCUT2D eigenvalue weighted by Gasteiger charge is -2.09. The third-order valence-corrected chi connectivity index (χ3v) is 4.48. The van der Waals surface area contributed by atoms with Gasteiger partial charge in [-0.3, -0.25) is 0 Å². The van der Waals surface area contributed by atoms with Crippen molar-refractivity contribution in [1.82, 2.24) is 19.9 Å². The highest BCUT2D eigenvalue weighted by atomic mass is 16.5. The maximum absolute atomic E-state index is 5.28. The van der Waals surface area contributed by atoms with Gasteiger partial charge in [0, 0.05) is 48.7 Å². The Morgan fingerprint density at radius 1 is 1.07 bits per heavy atom. The Morgan fingerprint density at radius 2 is 2.00 bits per heavy atom. The normalized spacial score (nSPS) is 10.9. The van der Waals surface area contributed by atoms with Crippen molar-refractivity contribution in [3.63, 3.8) is 0 Å². The molecule has 6 heteroatoms. The van der Waals surface area contributed by atoms with Crippen LogP contribution in [0.3, 0.4) is 0 Å². The molecule has 0 fully saturated rings. The first-order valence-corrected chi connectivity index (χ1v) is 8.82. The van der Waals surface area contributed by atoms with Crippen LogP contribution in [-0.2, 0) is 13.0 Å². The monoisotopic (exact) mass is 359 g/mol. The summed E-state index contributed by atoms with van der Waals surface area (Å²) in [5.41, 5.74) is 5.46. The first kappa shape index (κ1) is 17.0. The van der Waals surface area contributed by atoms with Crippen LogP contribution in [0.2, 0.25) is 0 Å². The lowest BCUT2D eigenvalue weighted by atomic mass is 10.1. The maximum Gasteiger partial charge on any atom is 0.218 e. The molecule has 0 aromatic carbocycles. The van der Waals surface area contributed by atoms with Gasteiger partial charge in [0.25, 0.3) is 0 Å². The van der Waals surface area contributed by atoms with Crippen LogP contribution in [0, 0.1) is 6.92 Å². The molecule has 0 aliphatic rings. The standard InChI is InChI=1S/C21H21N5O/c1-14-8-18-17(13-26-20(18)25-10-14)9-15-5-6-19(23-11-15)24-12-16-4-3-7-22-21(16)27-2/h3-8,10-11,13H,9,12H2,1-2H3,(H,23,24)(H,25,26). The molecule has 0 radical (unpaired) electrons. The largest absolute Gasteiger partial charge is 0.481 e. The van der Waals surface area contributed by atoms with E-state index in [9.17, 15) is 0 Å². The van der Waals surface area contributed by atoms with Crippen molar-refractivity contribution in [3.05, 3.63) is 77.4 Å². The summed E-state index contributed by atoms with van der Waals surface area (Å²) in [6.07, 6.45) is 8.34. The van der Waals surface area contributed by atoms with Gasteiger partial charge in [-0.25, -0.2) is 15.0 Å². The number of H-pyrrole nitrogens is 1. The summed E-state index contributed by atoms with van der Waals surface area (Å²) in [4.78, 5) is 16.4. The minimum Gasteiger partial charge on any atom is -0.481 e. The van der Waals surface area contributed by atoms with E-state index >= 15 is 0 Å². The van der Waals surface area contributed by atoms with Crippen LogP contribution < -0.4 is 10.1 Å². The number of pyridine rings is 3. The number of hydrogen-bond donors (Lipinski definition) is 2. The van der Waals surface area contributed by atoms with Crippen molar-refractivity contribution in [3.8, 4) is 5.88 Å². The topological polar surface area (TPSA) is 75.7 Å². The molecule has 0 aliphatic heterocycles. The van der Waals surface area contributed by atoms with Crippen LogP contribution in [0.25, 0.3) is 11.0 Å². The van der Waals surface area contributed by atoms with Gasteiger partial charge in [0.05, 0.1) is 7.11 Å². The molecule has 0 spiro atoms. The van der Waals surface area contributed by atoms with Crippen molar-refractivity contribution in [2.75, 3.05) is 12.4 Å². The smallest absolute Gasteiger partial charge is 0.218 e. The lowest BCUT2D eigenvalue weighted by molar-refractivity contribution is 0.393. The number of ether oxygens (including phenoxy) is 1. The Balaban J connectivity index is 1.45. The Hall–Kier alpha value is -3.41. The number of nitrogens with zero attached hydrogens (tertiary/aromatic N) is 3. The number of methoxy groups -OCH3 is 1. The Labute approximate surface area is 157 Å². The molecular weight excluding hydrogens is 338 g/mol. The van der Waals surface area contributed by atoms with Gasteiger partial charge < -0.3 is 15.0 Å². The number of aryl methyl sites for hydroxylation is 1. The minimum absolute atomic E-state index is 0.608. The molecule has 0 saturated heterocycles. The number of aromatic nitrogens is 4. The third kappa shape index (κ3) is 3.74. The van der Waals surface area contributed by atoms with Gasteiger partial charge in [0.15, 0.2) is 0 Å². The summed E-state index contributed by atoms with van der Waals surface area (Å²) >= 11 is 0. The molecule has 4 rings (SSSR count). The van der Waals surface area contributed by atoms with E-state index in [1.807, 2.05) is 36.8 Å². The number of nitrogens with one attached hydrogen (secondary N) is 2. The number of hydrogen-bond acceptors (Lipinski definition) is 5. The van der Waals surface area contributed by atoms with E-state index in [0.29, 0.717) is 12.4 Å². The Kier molecular flexibility index (Phi) is 4.70. The summed E-state index contributed by atoms with van der Waals surface area (Å²) in [5, 5.41) is 4.48. The molecule has 0 saturated carbocycles. The second-order valence-electron chi connectivity index (χ2n) is 6.48. The molecule has 6 nitrogen and oxygen atoms in total. The summed E-state index contributed by atoms with van der Waals surface area (Å²) in [6, 6.07) is 10.1. The zero-order chi connectivity index (χ0) is 18.6. The van der Waals surface area contributed by atoms with Crippen molar-refractivity contribution >= 4 is 16.9 Å². The highest BCUT2D eigenvalue weighted by molar-refractivity contribution is 5.80. The molecule has 0 aliphatic carbocycles. The van der Waals surface area contributed by atoms with E-state index in [4.69, 9.17) is 4.74 Å². The van der Waals surface area contributed by atoms with Gasteiger partial charge in [-0.05, 0) is 41.8 Å². The van der Waals surface area contributed by atoms with Crippen LogP contribution in [-0.4, -0.2) is 27.0 Å². The Bertz CT molecular complexity index is 1060. The molecular formula is C21H21N5O. The fourth-order valence-corrected chi connectivity index (χ4v) is 3.09. The molecule has 4 aromatic heterocycles. The van der Waals surface area contributed by atoms with Crippen molar-refractivity contribution in [1.29, 1.82) is 0 Å². The summed E-state index contributed by atoms with van der Waals surface area (Å²) in [7, 11) is 1.63. The van der Waals surface area contributed by atoms with E-state index in [-0.39, 0.29) is 0 Å². The summed E-state index contributed by atoms with van der Waals surface area (Å²) < 4.78 is 5.28. The molecule has 4 heterocycles. The fourth-order valence-electron chi connectivity index (χ4n) is 3.09. The zero-order valence-corrected chi connectivity index (χ0v) is 15.4. The first-order valence-electron chi connectivity index (χ1n) is 8.82. The van der Waals surface area contributed by atoms with Gasteiger partial charge in [-0.1, -0.05) is 12.1 Å². The van der Waals surface area contributed by atoms with Gasteiger partial charge >= 0.3 is 0 Å². The van der Waals surface area contributed by atoms with Crippen molar-refractivity contribution in [2.45, 2.75) is 19.9 Å². The van der Waals surface area contributed by atoms with Crippen LogP contribution >= 0.6 is 0 Å². The zero-order valence-electron chi connectivity index (χ0n) is 15.4. The maximum atomic E-state index is 5.28. The van der Waals surface area contributed by atoms with E-state index in [2.05, 4.69) is 44.3 Å². The quantitative estimate of drug-likeness (QED) is 0.546. The van der Waals surface area contributed by atoms with Crippen LogP contribution in [0.4, 0.5) is 5.82 Å². The molecule has 136 valence electrons. The second-order valence-corrected chi connectivity index (χ2v) is 6.48. The highest BCUT2D eigenvalue weighted by Crippen LogP contribution is 2.21. The number of anilines is 1.